The fraction of sp³-hybridized carbons (Fsp3) is 0.652. The SMILES string of the molecule is CCCCCC[C@H](C)[C@@H](OC(=O)[C@H](C)NC(=O)OCc1ccccc1)[C@@H](C)CO. The third kappa shape index (κ3) is 9.79. The van der Waals surface area contributed by atoms with Crippen molar-refractivity contribution in [3.8, 4) is 0 Å². The molecule has 0 saturated heterocycles. The van der Waals surface area contributed by atoms with Crippen molar-refractivity contribution in [1.29, 1.82) is 0 Å². The zero-order chi connectivity index (χ0) is 21.6. The molecule has 0 bridgehead atoms. The van der Waals surface area contributed by atoms with Crippen molar-refractivity contribution < 1.29 is 24.2 Å². The van der Waals surface area contributed by atoms with Crippen molar-refractivity contribution in [1.82, 2.24) is 5.32 Å². The molecule has 0 saturated carbocycles. The molecular formula is C23H37NO5. The number of aliphatic hydroxyl groups is 1. The number of hydrogen-bond donors (Lipinski definition) is 2. The van der Waals surface area contributed by atoms with E-state index in [1.54, 1.807) is 6.92 Å². The van der Waals surface area contributed by atoms with Gasteiger partial charge in [-0.15, -0.1) is 0 Å². The molecule has 0 aliphatic heterocycles. The van der Waals surface area contributed by atoms with Gasteiger partial charge in [-0.25, -0.2) is 9.59 Å². The van der Waals surface area contributed by atoms with Crippen molar-refractivity contribution >= 4 is 12.1 Å². The highest BCUT2D eigenvalue weighted by atomic mass is 16.6. The second-order valence-corrected chi connectivity index (χ2v) is 7.82. The van der Waals surface area contributed by atoms with E-state index in [1.807, 2.05) is 44.2 Å². The van der Waals surface area contributed by atoms with E-state index < -0.39 is 24.2 Å². The molecule has 4 atom stereocenters. The maximum absolute atomic E-state index is 12.5. The van der Waals surface area contributed by atoms with Crippen LogP contribution in [0.4, 0.5) is 4.79 Å². The van der Waals surface area contributed by atoms with Crippen LogP contribution < -0.4 is 5.32 Å². The lowest BCUT2D eigenvalue weighted by molar-refractivity contribution is -0.157. The molecule has 0 aliphatic rings. The third-order valence-corrected chi connectivity index (χ3v) is 5.08. The summed E-state index contributed by atoms with van der Waals surface area (Å²) in [7, 11) is 0. The molecular weight excluding hydrogens is 370 g/mol. The van der Waals surface area contributed by atoms with Gasteiger partial charge in [0.2, 0.25) is 0 Å². The molecule has 0 radical (unpaired) electrons. The van der Waals surface area contributed by atoms with Crippen molar-refractivity contribution in [2.24, 2.45) is 11.8 Å². The molecule has 2 N–H and O–H groups in total. The largest absolute Gasteiger partial charge is 0.460 e. The third-order valence-electron chi connectivity index (χ3n) is 5.08. The van der Waals surface area contributed by atoms with Crippen LogP contribution in [0.5, 0.6) is 0 Å². The standard InChI is InChI=1S/C23H37NO5/c1-5-6-7-9-12-17(2)21(18(3)15-25)29-22(26)19(4)24-23(27)28-16-20-13-10-8-11-14-20/h8,10-11,13-14,17-19,21,25H,5-7,9,12,15-16H2,1-4H3,(H,24,27)/t17-,18-,19-,21+/m0/s1. The van der Waals surface area contributed by atoms with E-state index in [0.29, 0.717) is 0 Å². The Kier molecular flexibility index (Phi) is 12.0. The number of amides is 1. The van der Waals surface area contributed by atoms with E-state index in [4.69, 9.17) is 9.47 Å². The van der Waals surface area contributed by atoms with E-state index in [-0.39, 0.29) is 25.0 Å². The van der Waals surface area contributed by atoms with Gasteiger partial charge in [0.15, 0.2) is 0 Å². The van der Waals surface area contributed by atoms with Crippen molar-refractivity contribution in [3.05, 3.63) is 35.9 Å². The summed E-state index contributed by atoms with van der Waals surface area (Å²) in [6, 6.07) is 8.49. The minimum atomic E-state index is -0.834. The molecule has 1 aromatic rings. The summed E-state index contributed by atoms with van der Waals surface area (Å²) in [6.07, 6.45) is 4.46. The Morgan fingerprint density at radius 2 is 1.72 bits per heavy atom. The number of hydrogen-bond acceptors (Lipinski definition) is 5. The topological polar surface area (TPSA) is 84.9 Å². The van der Waals surface area contributed by atoms with Gasteiger partial charge in [-0.3, -0.25) is 0 Å². The zero-order valence-electron chi connectivity index (χ0n) is 18.2. The fourth-order valence-corrected chi connectivity index (χ4v) is 3.19. The molecule has 1 amide bonds. The molecule has 0 heterocycles. The van der Waals surface area contributed by atoms with E-state index >= 15 is 0 Å². The van der Waals surface area contributed by atoms with Crippen LogP contribution in [0.15, 0.2) is 30.3 Å². The highest BCUT2D eigenvalue weighted by molar-refractivity contribution is 5.81. The van der Waals surface area contributed by atoms with Crippen LogP contribution >= 0.6 is 0 Å². The molecule has 0 aliphatic carbocycles. The second kappa shape index (κ2) is 14.0. The second-order valence-electron chi connectivity index (χ2n) is 7.82. The van der Waals surface area contributed by atoms with Crippen molar-refractivity contribution in [2.45, 2.75) is 78.6 Å². The lowest BCUT2D eigenvalue weighted by Gasteiger charge is -2.29. The lowest BCUT2D eigenvalue weighted by Crippen LogP contribution is -2.43. The number of benzene rings is 1. The Morgan fingerprint density at radius 3 is 2.34 bits per heavy atom. The van der Waals surface area contributed by atoms with E-state index in [1.165, 1.54) is 12.8 Å². The molecule has 6 nitrogen and oxygen atoms in total. The minimum absolute atomic E-state index is 0.0574. The smallest absolute Gasteiger partial charge is 0.408 e. The first-order chi connectivity index (χ1) is 13.9. The summed E-state index contributed by atoms with van der Waals surface area (Å²) in [5.74, 6) is -0.556. The van der Waals surface area contributed by atoms with E-state index in [0.717, 1.165) is 24.8 Å². The number of aliphatic hydroxyl groups excluding tert-OH is 1. The molecule has 0 aromatic heterocycles. The maximum atomic E-state index is 12.5. The average Bonchev–Trinajstić information content (AvgIpc) is 2.73. The van der Waals surface area contributed by atoms with Crippen LogP contribution in [-0.4, -0.2) is 35.9 Å². The molecule has 0 fully saturated rings. The van der Waals surface area contributed by atoms with Gasteiger partial charge in [-0.2, -0.15) is 0 Å². The Hall–Kier alpha value is -2.08. The highest BCUT2D eigenvalue weighted by Gasteiger charge is 2.29. The quantitative estimate of drug-likeness (QED) is 0.373. The number of rotatable bonds is 13. The highest BCUT2D eigenvalue weighted by Crippen LogP contribution is 2.23. The van der Waals surface area contributed by atoms with E-state index in [2.05, 4.69) is 12.2 Å². The van der Waals surface area contributed by atoms with Crippen LogP contribution in [0.2, 0.25) is 0 Å². The first-order valence-electron chi connectivity index (χ1n) is 10.7. The van der Waals surface area contributed by atoms with Gasteiger partial charge in [0.05, 0.1) is 0 Å². The number of ether oxygens (including phenoxy) is 2. The minimum Gasteiger partial charge on any atom is -0.460 e. The summed E-state index contributed by atoms with van der Waals surface area (Å²) >= 11 is 0. The maximum Gasteiger partial charge on any atom is 0.408 e. The summed E-state index contributed by atoms with van der Waals surface area (Å²) in [5.41, 5.74) is 0.867. The van der Waals surface area contributed by atoms with Crippen molar-refractivity contribution in [2.75, 3.05) is 6.61 Å². The normalized spacial score (nSPS) is 15.1. The van der Waals surface area contributed by atoms with Crippen LogP contribution in [0.25, 0.3) is 0 Å². The summed E-state index contributed by atoms with van der Waals surface area (Å²) in [4.78, 5) is 24.5. The number of nitrogens with one attached hydrogen (secondary N) is 1. The molecule has 29 heavy (non-hydrogen) atoms. The Morgan fingerprint density at radius 1 is 1.03 bits per heavy atom. The first kappa shape index (κ1) is 25.0. The summed E-state index contributed by atoms with van der Waals surface area (Å²) < 4.78 is 10.8. The first-order valence-corrected chi connectivity index (χ1v) is 10.7. The predicted octanol–water partition coefficient (Wildman–Crippen LogP) is 4.45. The molecule has 0 spiro atoms. The predicted molar refractivity (Wildman–Crippen MR) is 113 cm³/mol. The average molecular weight is 408 g/mol. The number of esters is 1. The van der Waals surface area contributed by atoms with Gasteiger partial charge in [0.25, 0.3) is 0 Å². The molecule has 1 aromatic carbocycles. The van der Waals surface area contributed by atoms with Crippen LogP contribution in [0.1, 0.15) is 65.4 Å². The number of alkyl carbamates (subject to hydrolysis) is 1. The number of unbranched alkanes of at least 4 members (excludes halogenated alkanes) is 3. The van der Waals surface area contributed by atoms with Gasteiger partial charge < -0.3 is 19.9 Å². The zero-order valence-corrected chi connectivity index (χ0v) is 18.2. The van der Waals surface area contributed by atoms with E-state index in [9.17, 15) is 14.7 Å². The Labute approximate surface area is 175 Å². The molecule has 164 valence electrons. The molecule has 6 heteroatoms. The van der Waals surface area contributed by atoms with Gasteiger partial charge in [0, 0.05) is 12.5 Å². The van der Waals surface area contributed by atoms with Crippen LogP contribution in [0.3, 0.4) is 0 Å². The Balaban J connectivity index is 2.50. The number of carbonyl (C=O) groups is 2. The molecule has 0 unspecified atom stereocenters. The monoisotopic (exact) mass is 407 g/mol. The molecule has 1 rings (SSSR count). The van der Waals surface area contributed by atoms with Gasteiger partial charge in [-0.05, 0) is 24.8 Å². The van der Waals surface area contributed by atoms with Gasteiger partial charge in [0.1, 0.15) is 18.8 Å². The fourth-order valence-electron chi connectivity index (χ4n) is 3.19. The Bertz CT molecular complexity index is 592. The van der Waals surface area contributed by atoms with Gasteiger partial charge in [-0.1, -0.05) is 76.8 Å². The summed E-state index contributed by atoms with van der Waals surface area (Å²) in [5, 5.41) is 12.1. The summed E-state index contributed by atoms with van der Waals surface area (Å²) in [6.45, 7) is 7.72. The van der Waals surface area contributed by atoms with Crippen molar-refractivity contribution in [3.63, 3.8) is 0 Å². The number of carbonyl (C=O) groups excluding carboxylic acids is 2. The lowest BCUT2D eigenvalue weighted by atomic mass is 9.89. The van der Waals surface area contributed by atoms with Gasteiger partial charge >= 0.3 is 12.1 Å². The van der Waals surface area contributed by atoms with Crippen LogP contribution in [-0.2, 0) is 20.9 Å². The van der Waals surface area contributed by atoms with Crippen LogP contribution in [0, 0.1) is 11.8 Å².